The molecule has 3 aromatic carbocycles. The van der Waals surface area contributed by atoms with Gasteiger partial charge in [0.15, 0.2) is 15.4 Å². The zero-order chi connectivity index (χ0) is 20.6. The van der Waals surface area contributed by atoms with Crippen molar-refractivity contribution in [3.05, 3.63) is 76.8 Å². The average Bonchev–Trinajstić information content (AvgIpc) is 3.11. The molecule has 29 heavy (non-hydrogen) atoms. The lowest BCUT2D eigenvalue weighted by molar-refractivity contribution is -0.385. The van der Waals surface area contributed by atoms with E-state index in [0.29, 0.717) is 11.4 Å². The number of ether oxygens (including phenoxy) is 1. The topological polar surface area (TPSA) is 113 Å². The molecular formula is C20H14N2O6S. The number of rotatable bonds is 5. The van der Waals surface area contributed by atoms with E-state index in [2.05, 4.69) is 4.98 Å². The lowest BCUT2D eigenvalue weighted by Crippen LogP contribution is -1.97. The van der Waals surface area contributed by atoms with Crippen molar-refractivity contribution in [3.63, 3.8) is 0 Å². The van der Waals surface area contributed by atoms with Crippen LogP contribution in [0, 0.1) is 10.1 Å². The van der Waals surface area contributed by atoms with Crippen molar-refractivity contribution in [1.29, 1.82) is 0 Å². The van der Waals surface area contributed by atoms with E-state index in [1.54, 1.807) is 0 Å². The highest BCUT2D eigenvalue weighted by Gasteiger charge is 2.21. The molecule has 0 aliphatic rings. The molecule has 0 bridgehead atoms. The molecule has 9 heteroatoms. The molecule has 146 valence electrons. The van der Waals surface area contributed by atoms with Gasteiger partial charge in [-0.05, 0) is 36.4 Å². The van der Waals surface area contributed by atoms with Gasteiger partial charge in [0, 0.05) is 17.9 Å². The van der Waals surface area contributed by atoms with Crippen molar-refractivity contribution >= 4 is 26.6 Å². The van der Waals surface area contributed by atoms with Crippen molar-refractivity contribution < 1.29 is 22.5 Å². The molecule has 4 aromatic rings. The van der Waals surface area contributed by atoms with E-state index in [1.165, 1.54) is 36.4 Å². The van der Waals surface area contributed by atoms with Crippen LogP contribution < -0.4 is 4.74 Å². The van der Waals surface area contributed by atoms with Gasteiger partial charge in [-0.1, -0.05) is 18.2 Å². The van der Waals surface area contributed by atoms with Gasteiger partial charge in [0.25, 0.3) is 0 Å². The number of nitro benzene ring substituents is 1. The maximum atomic E-state index is 11.6. The third-order valence-corrected chi connectivity index (χ3v) is 5.29. The SMILES string of the molecule is CS(=O)(=O)c1ccc(Oc2cc3nc(-c4ccccc4)oc3cc2[N+](=O)[O-])cc1. The molecule has 1 heterocycles. The maximum absolute atomic E-state index is 11.6. The fraction of sp³-hybridized carbons (Fsp3) is 0.0500. The van der Waals surface area contributed by atoms with Crippen LogP contribution in [-0.2, 0) is 9.84 Å². The molecule has 0 saturated carbocycles. The monoisotopic (exact) mass is 410 g/mol. The van der Waals surface area contributed by atoms with Gasteiger partial charge in [-0.25, -0.2) is 13.4 Å². The minimum absolute atomic E-state index is 0.0254. The summed E-state index contributed by atoms with van der Waals surface area (Å²) < 4.78 is 34.4. The first-order chi connectivity index (χ1) is 13.8. The van der Waals surface area contributed by atoms with Crippen LogP contribution in [0.25, 0.3) is 22.6 Å². The van der Waals surface area contributed by atoms with E-state index < -0.39 is 14.8 Å². The summed E-state index contributed by atoms with van der Waals surface area (Å²) in [7, 11) is -3.35. The summed E-state index contributed by atoms with van der Waals surface area (Å²) in [5, 5.41) is 11.5. The number of aromatic nitrogens is 1. The number of nitro groups is 1. The molecular weight excluding hydrogens is 396 g/mol. The quantitative estimate of drug-likeness (QED) is 0.349. The summed E-state index contributed by atoms with van der Waals surface area (Å²) in [6.07, 6.45) is 1.09. The molecule has 4 rings (SSSR count). The van der Waals surface area contributed by atoms with Crippen molar-refractivity contribution in [3.8, 4) is 23.0 Å². The average molecular weight is 410 g/mol. The van der Waals surface area contributed by atoms with Gasteiger partial charge in [-0.15, -0.1) is 0 Å². The summed E-state index contributed by atoms with van der Waals surface area (Å²) in [5.74, 6) is 0.568. The number of benzene rings is 3. The number of sulfone groups is 1. The van der Waals surface area contributed by atoms with E-state index in [0.717, 1.165) is 11.8 Å². The number of hydrogen-bond donors (Lipinski definition) is 0. The second-order valence-corrected chi connectivity index (χ2v) is 8.29. The zero-order valence-corrected chi connectivity index (χ0v) is 15.9. The van der Waals surface area contributed by atoms with E-state index in [-0.39, 0.29) is 27.7 Å². The van der Waals surface area contributed by atoms with Gasteiger partial charge in [0.05, 0.1) is 15.9 Å². The molecule has 8 nitrogen and oxygen atoms in total. The lowest BCUT2D eigenvalue weighted by atomic mass is 10.2. The van der Waals surface area contributed by atoms with Crippen molar-refractivity contribution in [2.45, 2.75) is 4.90 Å². The Labute approximate surface area is 165 Å². The maximum Gasteiger partial charge on any atom is 0.315 e. The summed E-state index contributed by atoms with van der Waals surface area (Å²) >= 11 is 0. The molecule has 0 fully saturated rings. The van der Waals surface area contributed by atoms with Gasteiger partial charge in [-0.2, -0.15) is 0 Å². The lowest BCUT2D eigenvalue weighted by Gasteiger charge is -2.07. The van der Waals surface area contributed by atoms with Crippen molar-refractivity contribution in [1.82, 2.24) is 4.98 Å². The number of nitrogens with zero attached hydrogens (tertiary/aromatic N) is 2. The molecule has 1 aromatic heterocycles. The normalized spacial score (nSPS) is 11.5. The second-order valence-electron chi connectivity index (χ2n) is 6.28. The minimum atomic E-state index is -3.35. The Hall–Kier alpha value is -3.72. The highest BCUT2D eigenvalue weighted by Crippen LogP contribution is 2.37. The predicted molar refractivity (Wildman–Crippen MR) is 106 cm³/mol. The Morgan fingerprint density at radius 1 is 1.03 bits per heavy atom. The van der Waals surface area contributed by atoms with Gasteiger partial charge in [0.2, 0.25) is 11.6 Å². The summed E-state index contributed by atoms with van der Waals surface area (Å²) in [6, 6.07) is 17.5. The van der Waals surface area contributed by atoms with E-state index in [4.69, 9.17) is 9.15 Å². The summed E-state index contributed by atoms with van der Waals surface area (Å²) in [6.45, 7) is 0. The Balaban J connectivity index is 1.75. The van der Waals surface area contributed by atoms with Crippen LogP contribution in [0.5, 0.6) is 11.5 Å². The standard InChI is InChI=1S/C20H14N2O6S/c1-29(25,26)15-9-7-14(8-10-15)27-19-11-16-18(12-17(19)22(23)24)28-20(21-16)13-5-3-2-4-6-13/h2-12H,1H3. The fourth-order valence-corrected chi connectivity index (χ4v) is 3.38. The van der Waals surface area contributed by atoms with Crippen LogP contribution in [-0.4, -0.2) is 24.6 Å². The molecule has 0 spiro atoms. The van der Waals surface area contributed by atoms with Gasteiger partial charge >= 0.3 is 5.69 Å². The van der Waals surface area contributed by atoms with Crippen LogP contribution in [0.2, 0.25) is 0 Å². The number of fused-ring (bicyclic) bond motifs is 1. The first-order valence-corrected chi connectivity index (χ1v) is 10.3. The van der Waals surface area contributed by atoms with Crippen LogP contribution in [0.15, 0.2) is 76.0 Å². The van der Waals surface area contributed by atoms with Crippen LogP contribution in [0.4, 0.5) is 5.69 Å². The molecule has 0 atom stereocenters. The highest BCUT2D eigenvalue weighted by molar-refractivity contribution is 7.90. The molecule has 0 radical (unpaired) electrons. The number of hydrogen-bond acceptors (Lipinski definition) is 7. The largest absolute Gasteiger partial charge is 0.450 e. The predicted octanol–water partition coefficient (Wildman–Crippen LogP) is 4.60. The van der Waals surface area contributed by atoms with E-state index >= 15 is 0 Å². The molecule has 0 unspecified atom stereocenters. The van der Waals surface area contributed by atoms with Gasteiger partial charge in [-0.3, -0.25) is 10.1 Å². The Kier molecular flexibility index (Phi) is 4.51. The van der Waals surface area contributed by atoms with Crippen LogP contribution >= 0.6 is 0 Å². The number of oxazole rings is 1. The highest BCUT2D eigenvalue weighted by atomic mass is 32.2. The van der Waals surface area contributed by atoms with Crippen molar-refractivity contribution in [2.24, 2.45) is 0 Å². The van der Waals surface area contributed by atoms with E-state index in [9.17, 15) is 18.5 Å². The Morgan fingerprint density at radius 2 is 1.72 bits per heavy atom. The first-order valence-electron chi connectivity index (χ1n) is 8.43. The molecule has 0 saturated heterocycles. The summed E-state index contributed by atoms with van der Waals surface area (Å²) in [5.41, 5.74) is 1.11. The van der Waals surface area contributed by atoms with Crippen molar-refractivity contribution in [2.75, 3.05) is 6.26 Å². The van der Waals surface area contributed by atoms with Gasteiger partial charge < -0.3 is 9.15 Å². The molecule has 0 N–H and O–H groups in total. The first kappa shape index (κ1) is 18.6. The fourth-order valence-electron chi connectivity index (χ4n) is 2.75. The minimum Gasteiger partial charge on any atom is -0.450 e. The summed E-state index contributed by atoms with van der Waals surface area (Å²) in [4.78, 5) is 15.4. The molecule has 0 aliphatic heterocycles. The molecule has 0 amide bonds. The third kappa shape index (κ3) is 3.81. The van der Waals surface area contributed by atoms with E-state index in [1.807, 2.05) is 30.3 Å². The van der Waals surface area contributed by atoms with Crippen LogP contribution in [0.1, 0.15) is 0 Å². The second kappa shape index (κ2) is 7.02. The zero-order valence-electron chi connectivity index (χ0n) is 15.1. The van der Waals surface area contributed by atoms with Crippen LogP contribution in [0.3, 0.4) is 0 Å². The Bertz CT molecular complexity index is 1310. The molecule has 0 aliphatic carbocycles. The van der Waals surface area contributed by atoms with Gasteiger partial charge in [0.1, 0.15) is 11.3 Å². The Morgan fingerprint density at radius 3 is 2.34 bits per heavy atom. The third-order valence-electron chi connectivity index (χ3n) is 4.17. The smallest absolute Gasteiger partial charge is 0.315 e.